The summed E-state index contributed by atoms with van der Waals surface area (Å²) in [6.45, 7) is -0.318. The second-order valence-corrected chi connectivity index (χ2v) is 8.31. The summed E-state index contributed by atoms with van der Waals surface area (Å²) in [5.74, 6) is -1.05. The molecular weight excluding hydrogens is 469 g/mol. The number of thiophene rings is 1. The number of halogens is 5. The van der Waals surface area contributed by atoms with Crippen LogP contribution in [-0.2, 0) is 15.8 Å². The average Bonchev–Trinajstić information content (AvgIpc) is 2.98. The van der Waals surface area contributed by atoms with E-state index in [4.69, 9.17) is 11.6 Å². The summed E-state index contributed by atoms with van der Waals surface area (Å²) in [6.07, 6.45) is -1.71. The van der Waals surface area contributed by atoms with Crippen LogP contribution in [0.15, 0.2) is 40.2 Å². The Labute approximate surface area is 170 Å². The van der Waals surface area contributed by atoms with Gasteiger partial charge in [0.2, 0.25) is 11.8 Å². The molecule has 144 valence electrons. The van der Waals surface area contributed by atoms with E-state index >= 15 is 0 Å². The fraction of sp³-hybridized carbons (Fsp3) is 0.176. The summed E-state index contributed by atoms with van der Waals surface area (Å²) in [5, 5.41) is 1.86. The Hall–Kier alpha value is -1.84. The Morgan fingerprint density at radius 3 is 2.59 bits per heavy atom. The molecule has 0 fully saturated rings. The molecule has 0 aliphatic rings. The summed E-state index contributed by atoms with van der Waals surface area (Å²) in [7, 11) is 1.42. The van der Waals surface area contributed by atoms with Gasteiger partial charge in [0.25, 0.3) is 0 Å². The molecule has 0 atom stereocenters. The highest BCUT2D eigenvalue weighted by molar-refractivity contribution is 9.11. The molecule has 0 unspecified atom stereocenters. The lowest BCUT2D eigenvalue weighted by Crippen LogP contribution is -2.33. The highest BCUT2D eigenvalue weighted by Crippen LogP contribution is 2.36. The van der Waals surface area contributed by atoms with Crippen LogP contribution in [0.1, 0.15) is 10.4 Å². The SMILES string of the molecule is CN(CC(=O)Nc1ccc(Cl)c(C(F)(F)F)c1)C(=O)C=Cc1ccc(Br)s1. The van der Waals surface area contributed by atoms with E-state index in [9.17, 15) is 22.8 Å². The summed E-state index contributed by atoms with van der Waals surface area (Å²) < 4.78 is 39.5. The fourth-order valence-corrected chi connectivity index (χ4v) is 3.56. The van der Waals surface area contributed by atoms with E-state index in [0.717, 1.165) is 25.7 Å². The van der Waals surface area contributed by atoms with Crippen molar-refractivity contribution < 1.29 is 22.8 Å². The van der Waals surface area contributed by atoms with Crippen molar-refractivity contribution in [1.29, 1.82) is 0 Å². The van der Waals surface area contributed by atoms with Gasteiger partial charge in [-0.1, -0.05) is 11.6 Å². The van der Waals surface area contributed by atoms with Crippen LogP contribution >= 0.6 is 38.9 Å². The third kappa shape index (κ3) is 6.37. The van der Waals surface area contributed by atoms with Gasteiger partial charge in [-0.05, 0) is 52.3 Å². The maximum absolute atomic E-state index is 12.8. The van der Waals surface area contributed by atoms with E-state index in [2.05, 4.69) is 21.2 Å². The van der Waals surface area contributed by atoms with Crippen LogP contribution in [0.4, 0.5) is 18.9 Å². The maximum Gasteiger partial charge on any atom is 0.417 e. The largest absolute Gasteiger partial charge is 0.417 e. The molecule has 2 aromatic rings. The van der Waals surface area contributed by atoms with Crippen LogP contribution in [0.5, 0.6) is 0 Å². The zero-order valence-electron chi connectivity index (χ0n) is 13.8. The molecular formula is C17H13BrClF3N2O2S. The van der Waals surface area contributed by atoms with Gasteiger partial charge in [-0.15, -0.1) is 11.3 Å². The van der Waals surface area contributed by atoms with Gasteiger partial charge in [0.05, 0.1) is 20.9 Å². The fourth-order valence-electron chi connectivity index (χ4n) is 2.01. The first-order valence-electron chi connectivity index (χ1n) is 7.41. The Morgan fingerprint density at radius 1 is 1.30 bits per heavy atom. The zero-order valence-corrected chi connectivity index (χ0v) is 17.0. The minimum atomic E-state index is -4.63. The number of carbonyl (C=O) groups is 2. The monoisotopic (exact) mass is 480 g/mol. The van der Waals surface area contributed by atoms with E-state index in [-0.39, 0.29) is 12.2 Å². The molecule has 0 aliphatic carbocycles. The lowest BCUT2D eigenvalue weighted by atomic mass is 10.2. The zero-order chi connectivity index (χ0) is 20.2. The third-order valence-electron chi connectivity index (χ3n) is 3.30. The number of benzene rings is 1. The number of hydrogen-bond acceptors (Lipinski definition) is 3. The Kier molecular flexibility index (Phi) is 7.07. The molecule has 0 saturated heterocycles. The molecule has 0 aliphatic heterocycles. The van der Waals surface area contributed by atoms with Crippen molar-refractivity contribution in [2.75, 3.05) is 18.9 Å². The molecule has 2 rings (SSSR count). The number of alkyl halides is 3. The van der Waals surface area contributed by atoms with Crippen molar-refractivity contribution in [2.24, 2.45) is 0 Å². The summed E-state index contributed by atoms with van der Waals surface area (Å²) in [4.78, 5) is 26.0. The molecule has 1 aromatic carbocycles. The van der Waals surface area contributed by atoms with Gasteiger partial charge >= 0.3 is 6.18 Å². The highest BCUT2D eigenvalue weighted by Gasteiger charge is 2.33. The van der Waals surface area contributed by atoms with Crippen molar-refractivity contribution in [1.82, 2.24) is 4.90 Å². The van der Waals surface area contributed by atoms with Crippen LogP contribution in [0.2, 0.25) is 5.02 Å². The summed E-state index contributed by atoms with van der Waals surface area (Å²) >= 11 is 10.3. The van der Waals surface area contributed by atoms with Gasteiger partial charge in [0, 0.05) is 23.7 Å². The smallest absolute Gasteiger partial charge is 0.333 e. The first kappa shape index (κ1) is 21.5. The first-order chi connectivity index (χ1) is 12.6. The lowest BCUT2D eigenvalue weighted by molar-refractivity contribution is -0.137. The number of likely N-dealkylation sites (N-methyl/N-ethyl adjacent to an activating group) is 1. The van der Waals surface area contributed by atoms with Crippen molar-refractivity contribution in [3.05, 3.63) is 55.7 Å². The molecule has 2 amide bonds. The van der Waals surface area contributed by atoms with Crippen molar-refractivity contribution >= 4 is 62.4 Å². The van der Waals surface area contributed by atoms with Crippen molar-refractivity contribution in [3.8, 4) is 0 Å². The van der Waals surface area contributed by atoms with Gasteiger partial charge in [-0.3, -0.25) is 9.59 Å². The van der Waals surface area contributed by atoms with Gasteiger partial charge in [-0.25, -0.2) is 0 Å². The van der Waals surface area contributed by atoms with Crippen molar-refractivity contribution in [2.45, 2.75) is 6.18 Å². The van der Waals surface area contributed by atoms with Crippen LogP contribution in [0.3, 0.4) is 0 Å². The van der Waals surface area contributed by atoms with E-state index in [1.807, 2.05) is 12.1 Å². The molecule has 0 radical (unpaired) electrons. The minimum Gasteiger partial charge on any atom is -0.333 e. The molecule has 10 heteroatoms. The van der Waals surface area contributed by atoms with Crippen LogP contribution in [-0.4, -0.2) is 30.3 Å². The average molecular weight is 482 g/mol. The molecule has 0 bridgehead atoms. The van der Waals surface area contributed by atoms with Crippen LogP contribution < -0.4 is 5.32 Å². The number of hydrogen-bond donors (Lipinski definition) is 1. The number of nitrogens with one attached hydrogen (secondary N) is 1. The van der Waals surface area contributed by atoms with Gasteiger partial charge in [0.1, 0.15) is 0 Å². The number of anilines is 1. The molecule has 1 heterocycles. The quantitative estimate of drug-likeness (QED) is 0.590. The minimum absolute atomic E-state index is 0.0587. The number of amides is 2. The lowest BCUT2D eigenvalue weighted by Gasteiger charge is -2.16. The molecule has 4 nitrogen and oxygen atoms in total. The molecule has 1 N–H and O–H groups in total. The summed E-state index contributed by atoms with van der Waals surface area (Å²) in [6, 6.07) is 6.72. The molecule has 1 aromatic heterocycles. The Bertz CT molecular complexity index is 883. The van der Waals surface area contributed by atoms with E-state index in [1.54, 1.807) is 6.08 Å². The first-order valence-corrected chi connectivity index (χ1v) is 9.40. The molecule has 0 saturated carbocycles. The standard InChI is InChI=1S/C17H13BrClF3N2O2S/c1-24(16(26)7-4-11-3-6-14(18)27-11)9-15(25)23-10-2-5-13(19)12(8-10)17(20,21)22/h2-8H,9H2,1H3,(H,23,25). The summed E-state index contributed by atoms with van der Waals surface area (Å²) in [5.41, 5.74) is -1.10. The Balaban J connectivity index is 1.96. The number of nitrogens with zero attached hydrogens (tertiary/aromatic N) is 1. The van der Waals surface area contributed by atoms with E-state index < -0.39 is 28.6 Å². The molecule has 0 spiro atoms. The van der Waals surface area contributed by atoms with Crippen molar-refractivity contribution in [3.63, 3.8) is 0 Å². The van der Waals surface area contributed by atoms with E-state index in [0.29, 0.717) is 0 Å². The van der Waals surface area contributed by atoms with E-state index in [1.165, 1.54) is 30.5 Å². The predicted molar refractivity (Wildman–Crippen MR) is 104 cm³/mol. The highest BCUT2D eigenvalue weighted by atomic mass is 79.9. The van der Waals surface area contributed by atoms with Gasteiger partial charge in [-0.2, -0.15) is 13.2 Å². The topological polar surface area (TPSA) is 49.4 Å². The molecule has 27 heavy (non-hydrogen) atoms. The maximum atomic E-state index is 12.8. The second kappa shape index (κ2) is 8.90. The number of carbonyl (C=O) groups excluding carboxylic acids is 2. The van der Waals surface area contributed by atoms with Gasteiger partial charge in [0.15, 0.2) is 0 Å². The Morgan fingerprint density at radius 2 is 2.00 bits per heavy atom. The van der Waals surface area contributed by atoms with Crippen LogP contribution in [0.25, 0.3) is 6.08 Å². The van der Waals surface area contributed by atoms with Crippen LogP contribution in [0, 0.1) is 0 Å². The third-order valence-corrected chi connectivity index (χ3v) is 5.22. The number of rotatable bonds is 5. The second-order valence-electron chi connectivity index (χ2n) is 5.41. The van der Waals surface area contributed by atoms with Gasteiger partial charge < -0.3 is 10.2 Å². The normalized spacial score (nSPS) is 11.6. The predicted octanol–water partition coefficient (Wildman–Crippen LogP) is 5.29.